The number of urea groups is 1. The highest BCUT2D eigenvalue weighted by molar-refractivity contribution is 5.94. The molecule has 0 spiro atoms. The molecule has 4 rings (SSSR count). The quantitative estimate of drug-likeness (QED) is 0.605. The first-order chi connectivity index (χ1) is 17.1. The third kappa shape index (κ3) is 6.20. The van der Waals surface area contributed by atoms with Gasteiger partial charge in [0.25, 0.3) is 5.91 Å². The van der Waals surface area contributed by atoms with Crippen molar-refractivity contribution in [2.45, 2.75) is 25.9 Å². The van der Waals surface area contributed by atoms with Gasteiger partial charge in [-0.15, -0.1) is 0 Å². The lowest BCUT2D eigenvalue weighted by Crippen LogP contribution is -2.37. The van der Waals surface area contributed by atoms with Crippen molar-refractivity contribution in [3.05, 3.63) is 41.6 Å². The number of hydrogen-bond acceptors (Lipinski definition) is 5. The molecule has 0 radical (unpaired) electrons. The zero-order valence-electron chi connectivity index (χ0n) is 20.2. The summed E-state index contributed by atoms with van der Waals surface area (Å²) in [4.78, 5) is 31.8. The third-order valence-electron chi connectivity index (χ3n) is 6.29. The van der Waals surface area contributed by atoms with Gasteiger partial charge < -0.3 is 15.0 Å². The zero-order chi connectivity index (χ0) is 25.9. The van der Waals surface area contributed by atoms with Gasteiger partial charge in [0.05, 0.1) is 32.4 Å². The van der Waals surface area contributed by atoms with Crippen LogP contribution < -0.4 is 15.5 Å². The maximum Gasteiger partial charge on any atom is 0.495 e. The van der Waals surface area contributed by atoms with E-state index in [0.717, 1.165) is 16.7 Å². The molecule has 0 unspecified atom stereocenters. The van der Waals surface area contributed by atoms with Crippen LogP contribution in [0.5, 0.6) is 0 Å². The number of benzene rings is 1. The van der Waals surface area contributed by atoms with E-state index in [0.29, 0.717) is 37.8 Å². The van der Waals surface area contributed by atoms with Crippen molar-refractivity contribution in [1.29, 1.82) is 0 Å². The van der Waals surface area contributed by atoms with E-state index in [1.165, 1.54) is 10.8 Å². The molecule has 11 heteroatoms. The smallest absolute Gasteiger partial charge is 0.378 e. The van der Waals surface area contributed by atoms with Gasteiger partial charge in [0, 0.05) is 26.1 Å². The Morgan fingerprint density at radius 1 is 1.19 bits per heavy atom. The van der Waals surface area contributed by atoms with Crippen LogP contribution in [0, 0.1) is 12.8 Å². The highest BCUT2D eigenvalue weighted by Gasteiger charge is 2.36. The van der Waals surface area contributed by atoms with Gasteiger partial charge in [-0.1, -0.05) is 6.07 Å². The van der Waals surface area contributed by atoms with Crippen LogP contribution in [0.15, 0.2) is 30.3 Å². The second kappa shape index (κ2) is 10.7. The Labute approximate surface area is 207 Å². The fourth-order valence-electron chi connectivity index (χ4n) is 4.41. The summed E-state index contributed by atoms with van der Waals surface area (Å²) >= 11 is 0. The number of nitrogens with one attached hydrogen (secondary N) is 2. The number of amides is 3. The number of pyridine rings is 1. The van der Waals surface area contributed by atoms with E-state index in [1.807, 2.05) is 19.1 Å². The van der Waals surface area contributed by atoms with Gasteiger partial charge in [-0.25, -0.2) is 14.9 Å². The monoisotopic (exact) mass is 504 g/mol. The van der Waals surface area contributed by atoms with Crippen LogP contribution in [0.4, 0.5) is 29.5 Å². The lowest BCUT2D eigenvalue weighted by molar-refractivity contribution is -0.409. The molecule has 2 aromatic rings. The number of ether oxygens (including phenoxy) is 1. The van der Waals surface area contributed by atoms with E-state index in [-0.39, 0.29) is 24.6 Å². The maximum atomic E-state index is 12.7. The molecule has 36 heavy (non-hydrogen) atoms. The number of hydrogen-bond donors (Lipinski definition) is 2. The average molecular weight is 505 g/mol. The van der Waals surface area contributed by atoms with Crippen LogP contribution in [0.1, 0.15) is 28.9 Å². The average Bonchev–Trinajstić information content (AvgIpc) is 3.32. The Bertz CT molecular complexity index is 1180. The van der Waals surface area contributed by atoms with Gasteiger partial charge in [0.1, 0.15) is 17.2 Å². The fourth-order valence-corrected chi connectivity index (χ4v) is 4.41. The standard InChI is InChI=1S/C25H28F3N5O3/c1-16-3-4-19(30-24(35)33-6-5-17(15-33)14-25(26,27)28)13-20(16)18-11-21(23(34)29-2)31-22(12-18)32-7-9-36-10-8-32/h3-4,11-13,15,17H,5-10,14H2,1-2H3,(H-,29,30,34,35)/p+1/t17-/m0/s1. The Hall–Kier alpha value is -3.47. The molecule has 0 bridgehead atoms. The zero-order valence-corrected chi connectivity index (χ0v) is 20.2. The van der Waals surface area contributed by atoms with Crippen molar-refractivity contribution in [3.63, 3.8) is 0 Å². The van der Waals surface area contributed by atoms with Gasteiger partial charge in [0.15, 0.2) is 0 Å². The minimum Gasteiger partial charge on any atom is -0.378 e. The molecular weight excluding hydrogens is 475 g/mol. The molecule has 0 saturated carbocycles. The molecule has 192 valence electrons. The molecular formula is C25H29F3N5O3+. The molecule has 0 aliphatic carbocycles. The number of alkyl halides is 3. The number of nitrogens with zero attached hydrogens (tertiary/aromatic N) is 3. The molecule has 3 amide bonds. The summed E-state index contributed by atoms with van der Waals surface area (Å²) < 4.78 is 44.8. The summed E-state index contributed by atoms with van der Waals surface area (Å²) in [6, 6.07) is 8.50. The molecule has 1 atom stereocenters. The summed E-state index contributed by atoms with van der Waals surface area (Å²) in [7, 11) is 1.54. The SMILES string of the molecule is CNC(=O)c1cc(-c2cc(NC(=O)[N+]3=C[C@H](CC(F)(F)F)CC3)ccc2C)cc(N2CCOCC2)n1. The number of halogens is 3. The molecule has 8 nitrogen and oxygen atoms in total. The Morgan fingerprint density at radius 3 is 2.64 bits per heavy atom. The Kier molecular flexibility index (Phi) is 7.58. The summed E-state index contributed by atoms with van der Waals surface area (Å²) in [5.41, 5.74) is 3.26. The largest absolute Gasteiger partial charge is 0.495 e. The van der Waals surface area contributed by atoms with Gasteiger partial charge in [-0.2, -0.15) is 18.0 Å². The van der Waals surface area contributed by atoms with Crippen molar-refractivity contribution < 1.29 is 32.1 Å². The van der Waals surface area contributed by atoms with E-state index in [9.17, 15) is 22.8 Å². The first kappa shape index (κ1) is 25.6. The van der Waals surface area contributed by atoms with E-state index in [4.69, 9.17) is 4.74 Å². The van der Waals surface area contributed by atoms with E-state index < -0.39 is 24.5 Å². The van der Waals surface area contributed by atoms with E-state index in [2.05, 4.69) is 20.5 Å². The van der Waals surface area contributed by atoms with Crippen LogP contribution in [0.2, 0.25) is 0 Å². The Morgan fingerprint density at radius 2 is 1.94 bits per heavy atom. The first-order valence-electron chi connectivity index (χ1n) is 11.8. The number of rotatable bonds is 5. The van der Waals surface area contributed by atoms with Crippen LogP contribution in [0.25, 0.3) is 11.1 Å². The van der Waals surface area contributed by atoms with Gasteiger partial charge in [-0.3, -0.25) is 4.79 Å². The minimum atomic E-state index is -4.27. The molecule has 2 aliphatic rings. The lowest BCUT2D eigenvalue weighted by Gasteiger charge is -2.28. The predicted octanol–water partition coefficient (Wildman–Crippen LogP) is 3.84. The van der Waals surface area contributed by atoms with Gasteiger partial charge >= 0.3 is 12.2 Å². The number of carbonyl (C=O) groups is 2. The molecule has 1 saturated heterocycles. The molecule has 1 aromatic carbocycles. The van der Waals surface area contributed by atoms with Crippen LogP contribution in [-0.4, -0.2) is 73.8 Å². The normalized spacial score (nSPS) is 18.1. The van der Waals surface area contributed by atoms with Gasteiger partial charge in [0.2, 0.25) is 0 Å². The van der Waals surface area contributed by atoms with Crippen molar-refractivity contribution in [1.82, 2.24) is 10.3 Å². The molecule has 2 aliphatic heterocycles. The van der Waals surface area contributed by atoms with Crippen molar-refractivity contribution in [2.75, 3.05) is 50.1 Å². The highest BCUT2D eigenvalue weighted by atomic mass is 19.4. The number of aromatic nitrogens is 1. The van der Waals surface area contributed by atoms with Crippen LogP contribution in [0.3, 0.4) is 0 Å². The summed E-state index contributed by atoms with van der Waals surface area (Å²) in [6.07, 6.45) is -3.58. The lowest BCUT2D eigenvalue weighted by atomic mass is 9.99. The minimum absolute atomic E-state index is 0.230. The number of aryl methyl sites for hydroxylation is 1. The summed E-state index contributed by atoms with van der Waals surface area (Å²) in [6.45, 7) is 4.60. The first-order valence-corrected chi connectivity index (χ1v) is 11.8. The molecule has 2 N–H and O–H groups in total. The Balaban J connectivity index is 1.60. The highest BCUT2D eigenvalue weighted by Crippen LogP contribution is 2.31. The summed E-state index contributed by atoms with van der Waals surface area (Å²) in [5.74, 6) is -0.361. The number of carbonyl (C=O) groups excluding carboxylic acids is 2. The maximum absolute atomic E-state index is 12.7. The van der Waals surface area contributed by atoms with Crippen molar-refractivity contribution >= 4 is 29.7 Å². The van der Waals surface area contributed by atoms with E-state index >= 15 is 0 Å². The number of morpholine rings is 1. The van der Waals surface area contributed by atoms with Crippen molar-refractivity contribution in [2.24, 2.45) is 5.92 Å². The number of anilines is 2. The molecule has 1 fully saturated rings. The predicted molar refractivity (Wildman–Crippen MR) is 130 cm³/mol. The van der Waals surface area contributed by atoms with E-state index in [1.54, 1.807) is 25.2 Å². The summed E-state index contributed by atoms with van der Waals surface area (Å²) in [5, 5.41) is 5.39. The molecule has 3 heterocycles. The second-order valence-electron chi connectivity index (χ2n) is 8.95. The molecule has 1 aromatic heterocycles. The van der Waals surface area contributed by atoms with Crippen LogP contribution in [-0.2, 0) is 4.74 Å². The second-order valence-corrected chi connectivity index (χ2v) is 8.95. The van der Waals surface area contributed by atoms with Gasteiger partial charge in [-0.05, 0) is 54.3 Å². The fraction of sp³-hybridized carbons (Fsp3) is 0.440. The third-order valence-corrected chi connectivity index (χ3v) is 6.29. The topological polar surface area (TPSA) is 86.6 Å². The van der Waals surface area contributed by atoms with Crippen LogP contribution >= 0.6 is 0 Å². The van der Waals surface area contributed by atoms with Crippen molar-refractivity contribution in [3.8, 4) is 11.1 Å².